The number of ether oxygens (including phenoxy) is 1. The van der Waals surface area contributed by atoms with Crippen LogP contribution < -0.4 is 15.0 Å². The van der Waals surface area contributed by atoms with E-state index in [1.807, 2.05) is 0 Å². The first-order valence-corrected chi connectivity index (χ1v) is 10.5. The molecule has 0 aliphatic carbocycles. The molecule has 30 heavy (non-hydrogen) atoms. The molecule has 0 fully saturated rings. The number of benzene rings is 1. The Morgan fingerprint density at radius 1 is 1.07 bits per heavy atom. The van der Waals surface area contributed by atoms with E-state index < -0.39 is 10.0 Å². The molecule has 0 amide bonds. The molecule has 0 aliphatic heterocycles. The zero-order chi connectivity index (χ0) is 21.3. The van der Waals surface area contributed by atoms with Crippen LogP contribution in [0.2, 0.25) is 5.02 Å². The van der Waals surface area contributed by atoms with E-state index in [0.717, 1.165) is 0 Å². The quantitative estimate of drug-likeness (QED) is 0.509. The smallest absolute Gasteiger partial charge is 0.263 e. The Balaban J connectivity index is 1.79. The molecule has 8 nitrogen and oxygen atoms in total. The molecule has 0 atom stereocenters. The van der Waals surface area contributed by atoms with Gasteiger partial charge < -0.3 is 4.74 Å². The number of nitrogens with zero attached hydrogens (tertiary/aromatic N) is 3. The molecule has 0 aliphatic rings. The lowest BCUT2D eigenvalue weighted by Gasteiger charge is -2.13. The molecule has 3 aromatic heterocycles. The molecule has 0 saturated carbocycles. The van der Waals surface area contributed by atoms with Crippen molar-refractivity contribution in [2.45, 2.75) is 4.90 Å². The number of rotatable bonds is 5. The number of anilines is 1. The summed E-state index contributed by atoms with van der Waals surface area (Å²) in [6.07, 6.45) is 4.57. The Kier molecular flexibility index (Phi) is 5.15. The molecule has 152 valence electrons. The van der Waals surface area contributed by atoms with E-state index in [4.69, 9.17) is 16.3 Å². The highest BCUT2D eigenvalue weighted by atomic mass is 35.5. The van der Waals surface area contributed by atoms with E-state index >= 15 is 0 Å². The Morgan fingerprint density at radius 3 is 2.63 bits per heavy atom. The van der Waals surface area contributed by atoms with Crippen molar-refractivity contribution < 1.29 is 13.2 Å². The average Bonchev–Trinajstić information content (AvgIpc) is 2.74. The third-order valence-corrected chi connectivity index (χ3v) is 6.20. The second kappa shape index (κ2) is 7.77. The van der Waals surface area contributed by atoms with Crippen LogP contribution in [-0.4, -0.2) is 29.9 Å². The van der Waals surface area contributed by atoms with Crippen molar-refractivity contribution in [2.75, 3.05) is 11.8 Å². The predicted octanol–water partition coefficient (Wildman–Crippen LogP) is 3.22. The number of aromatic nitrogens is 3. The molecule has 0 bridgehead atoms. The Labute approximate surface area is 176 Å². The molecule has 4 aromatic rings. The number of hydrogen-bond donors (Lipinski definition) is 1. The van der Waals surface area contributed by atoms with Gasteiger partial charge in [0.1, 0.15) is 16.2 Å². The van der Waals surface area contributed by atoms with Crippen molar-refractivity contribution >= 4 is 33.0 Å². The van der Waals surface area contributed by atoms with E-state index in [0.29, 0.717) is 16.8 Å². The molecule has 10 heteroatoms. The molecule has 0 saturated heterocycles. The second-order valence-corrected chi connectivity index (χ2v) is 8.30. The summed E-state index contributed by atoms with van der Waals surface area (Å²) in [5.41, 5.74) is 1.61. The van der Waals surface area contributed by atoms with Gasteiger partial charge in [0.2, 0.25) is 5.88 Å². The van der Waals surface area contributed by atoms with Gasteiger partial charge in [-0.1, -0.05) is 23.7 Å². The van der Waals surface area contributed by atoms with Gasteiger partial charge in [0.25, 0.3) is 15.6 Å². The lowest BCUT2D eigenvalue weighted by Crippen LogP contribution is -2.15. The SMILES string of the molecule is COc1ncc(-c2ccc3nccc(=O)n3c2)cc1NS(=O)(=O)c1ccccc1Cl. The van der Waals surface area contributed by atoms with Crippen molar-refractivity contribution in [3.05, 3.63) is 82.5 Å². The zero-order valence-corrected chi connectivity index (χ0v) is 17.2. The molecule has 0 unspecified atom stereocenters. The molecule has 0 radical (unpaired) electrons. The summed E-state index contributed by atoms with van der Waals surface area (Å²) in [6, 6.07) is 12.5. The molecule has 0 spiro atoms. The first-order valence-electron chi connectivity index (χ1n) is 8.68. The number of sulfonamides is 1. The normalized spacial score (nSPS) is 11.4. The largest absolute Gasteiger partial charge is 0.480 e. The fraction of sp³-hybridized carbons (Fsp3) is 0.0500. The van der Waals surface area contributed by atoms with Crippen molar-refractivity contribution in [3.8, 4) is 17.0 Å². The summed E-state index contributed by atoms with van der Waals surface area (Å²) in [7, 11) is -2.60. The minimum absolute atomic E-state index is 0.0672. The standard InChI is InChI=1S/C20H15ClN4O4S/c1-29-20-16(24-30(27,28)17-5-3-2-4-15(17)21)10-14(11-23-20)13-6-7-18-22-9-8-19(26)25(18)12-13/h2-12,24H,1H3. The lowest BCUT2D eigenvalue weighted by atomic mass is 10.1. The number of halogens is 1. The molecular formula is C20H15ClN4O4S. The molecule has 1 N–H and O–H groups in total. The maximum Gasteiger partial charge on any atom is 0.263 e. The Hall–Kier alpha value is -3.43. The van der Waals surface area contributed by atoms with Gasteiger partial charge in [-0.25, -0.2) is 18.4 Å². The van der Waals surface area contributed by atoms with Crippen LogP contribution in [-0.2, 0) is 10.0 Å². The number of hydrogen-bond acceptors (Lipinski definition) is 6. The summed E-state index contributed by atoms with van der Waals surface area (Å²) in [5.74, 6) is 0.0917. The van der Waals surface area contributed by atoms with Crippen molar-refractivity contribution in [2.24, 2.45) is 0 Å². The highest BCUT2D eigenvalue weighted by Crippen LogP contribution is 2.31. The fourth-order valence-electron chi connectivity index (χ4n) is 2.91. The van der Waals surface area contributed by atoms with E-state index in [1.165, 1.54) is 42.1 Å². The van der Waals surface area contributed by atoms with E-state index in [2.05, 4.69) is 14.7 Å². The Morgan fingerprint density at radius 2 is 1.87 bits per heavy atom. The van der Waals surface area contributed by atoms with Crippen LogP contribution in [0.4, 0.5) is 5.69 Å². The maximum absolute atomic E-state index is 12.8. The number of fused-ring (bicyclic) bond motifs is 1. The van der Waals surface area contributed by atoms with Crippen LogP contribution in [0, 0.1) is 0 Å². The highest BCUT2D eigenvalue weighted by Gasteiger charge is 2.20. The van der Waals surface area contributed by atoms with E-state index in [1.54, 1.807) is 36.5 Å². The Bertz CT molecular complexity index is 1420. The fourth-order valence-corrected chi connectivity index (χ4v) is 4.48. The third-order valence-electron chi connectivity index (χ3n) is 4.34. The molecular weight excluding hydrogens is 428 g/mol. The van der Waals surface area contributed by atoms with Crippen molar-refractivity contribution in [1.29, 1.82) is 0 Å². The topological polar surface area (TPSA) is 103 Å². The van der Waals surface area contributed by atoms with Gasteiger partial charge in [-0.2, -0.15) is 0 Å². The first kappa shape index (κ1) is 19.9. The van der Waals surface area contributed by atoms with Crippen LogP contribution in [0.3, 0.4) is 0 Å². The summed E-state index contributed by atoms with van der Waals surface area (Å²) in [6.45, 7) is 0. The van der Waals surface area contributed by atoms with Gasteiger partial charge in [0.05, 0.1) is 12.1 Å². The summed E-state index contributed by atoms with van der Waals surface area (Å²) in [5, 5.41) is 0.0921. The third kappa shape index (κ3) is 3.72. The second-order valence-electron chi connectivity index (χ2n) is 6.25. The van der Waals surface area contributed by atoms with Crippen molar-refractivity contribution in [3.63, 3.8) is 0 Å². The van der Waals surface area contributed by atoms with Crippen LogP contribution in [0.25, 0.3) is 16.8 Å². The van der Waals surface area contributed by atoms with Gasteiger partial charge in [-0.15, -0.1) is 0 Å². The van der Waals surface area contributed by atoms with Gasteiger partial charge >= 0.3 is 0 Å². The number of nitrogens with one attached hydrogen (secondary N) is 1. The van der Waals surface area contributed by atoms with Crippen LogP contribution in [0.1, 0.15) is 0 Å². The minimum atomic E-state index is -3.98. The molecule has 1 aromatic carbocycles. The molecule has 4 rings (SSSR count). The van der Waals surface area contributed by atoms with Gasteiger partial charge in [-0.3, -0.25) is 13.9 Å². The van der Waals surface area contributed by atoms with Crippen LogP contribution in [0.5, 0.6) is 5.88 Å². The highest BCUT2D eigenvalue weighted by molar-refractivity contribution is 7.92. The summed E-state index contributed by atoms with van der Waals surface area (Å²) in [4.78, 5) is 20.3. The summed E-state index contributed by atoms with van der Waals surface area (Å²) < 4.78 is 34.7. The van der Waals surface area contributed by atoms with Crippen LogP contribution >= 0.6 is 11.6 Å². The van der Waals surface area contributed by atoms with Gasteiger partial charge in [0, 0.05) is 35.8 Å². The number of methoxy groups -OCH3 is 1. The monoisotopic (exact) mass is 442 g/mol. The van der Waals surface area contributed by atoms with Gasteiger partial charge in [-0.05, 0) is 30.3 Å². The lowest BCUT2D eigenvalue weighted by molar-refractivity contribution is 0.400. The zero-order valence-electron chi connectivity index (χ0n) is 15.6. The first-order chi connectivity index (χ1) is 14.4. The van der Waals surface area contributed by atoms with Crippen molar-refractivity contribution in [1.82, 2.24) is 14.4 Å². The van der Waals surface area contributed by atoms with E-state index in [9.17, 15) is 13.2 Å². The average molecular weight is 443 g/mol. The number of pyridine rings is 2. The minimum Gasteiger partial charge on any atom is -0.480 e. The predicted molar refractivity (Wildman–Crippen MR) is 114 cm³/mol. The van der Waals surface area contributed by atoms with Crippen LogP contribution in [0.15, 0.2) is 76.8 Å². The maximum atomic E-state index is 12.8. The summed E-state index contributed by atoms with van der Waals surface area (Å²) >= 11 is 6.04. The van der Waals surface area contributed by atoms with E-state index in [-0.39, 0.29) is 27.0 Å². The van der Waals surface area contributed by atoms with Gasteiger partial charge in [0.15, 0.2) is 0 Å². The molecule has 3 heterocycles.